The maximum Gasteiger partial charge on any atom is 0.198 e. The summed E-state index contributed by atoms with van der Waals surface area (Å²) in [6.07, 6.45) is 0. The Morgan fingerprint density at radius 3 is 1.18 bits per heavy atom. The highest BCUT2D eigenvalue weighted by atomic mass is 32.2. The monoisotopic (exact) mass is 495 g/mol. The van der Waals surface area contributed by atoms with Crippen molar-refractivity contribution in [3.63, 3.8) is 0 Å². The normalized spacial score (nSPS) is 16.5. The number of benzene rings is 2. The van der Waals surface area contributed by atoms with Crippen LogP contribution in [0.3, 0.4) is 0 Å². The molecule has 0 saturated heterocycles. The van der Waals surface area contributed by atoms with Crippen molar-refractivity contribution in [2.24, 2.45) is 23.3 Å². The van der Waals surface area contributed by atoms with E-state index in [1.807, 2.05) is 13.8 Å². The summed E-state index contributed by atoms with van der Waals surface area (Å²) in [5, 5.41) is 3.00. The van der Waals surface area contributed by atoms with Crippen LogP contribution in [-0.4, -0.2) is 39.7 Å². The SMILES string of the molecule is Cc1ccc(S(=O)(=O)C(N)(CNCC(N)(C(C)C)S(=O)(=O)c2ccc(C)cc2)C(C)C)cc1. The average molecular weight is 496 g/mol. The molecule has 33 heavy (non-hydrogen) atoms. The summed E-state index contributed by atoms with van der Waals surface area (Å²) in [6.45, 7) is 10.4. The van der Waals surface area contributed by atoms with E-state index < -0.39 is 41.3 Å². The van der Waals surface area contributed by atoms with Gasteiger partial charge in [-0.1, -0.05) is 63.1 Å². The van der Waals surface area contributed by atoms with Gasteiger partial charge in [0.1, 0.15) is 9.74 Å². The van der Waals surface area contributed by atoms with Crippen molar-refractivity contribution in [3.8, 4) is 0 Å². The molecule has 0 aromatic heterocycles. The third-order valence-electron chi connectivity index (χ3n) is 6.42. The Hall–Kier alpha value is -1.78. The van der Waals surface area contributed by atoms with Crippen LogP contribution in [-0.2, 0) is 19.7 Å². The zero-order valence-corrected chi connectivity index (χ0v) is 21.9. The molecule has 2 aromatic rings. The molecule has 0 spiro atoms. The van der Waals surface area contributed by atoms with Crippen LogP contribution in [0.1, 0.15) is 38.8 Å². The Morgan fingerprint density at radius 1 is 0.667 bits per heavy atom. The molecule has 2 unspecified atom stereocenters. The molecule has 7 nitrogen and oxygen atoms in total. The lowest BCUT2D eigenvalue weighted by molar-refractivity contribution is 0.347. The molecule has 5 N–H and O–H groups in total. The van der Waals surface area contributed by atoms with Crippen molar-refractivity contribution in [1.82, 2.24) is 5.32 Å². The quantitative estimate of drug-likeness (QED) is 0.462. The molecule has 2 atom stereocenters. The lowest BCUT2D eigenvalue weighted by Crippen LogP contribution is -2.63. The Bertz CT molecular complexity index is 1070. The lowest BCUT2D eigenvalue weighted by Gasteiger charge is -2.37. The standard InChI is InChI=1S/C24H37N3O4S2/c1-17(2)23(25,32(28,29)21-11-7-19(5)8-12-21)15-27-16-24(26,18(3)4)33(30,31)22-13-9-20(6)10-14-22/h7-14,17-18,27H,15-16,25-26H2,1-6H3. The summed E-state index contributed by atoms with van der Waals surface area (Å²) in [6, 6.07) is 13.0. The van der Waals surface area contributed by atoms with Gasteiger partial charge in [0, 0.05) is 13.1 Å². The van der Waals surface area contributed by atoms with E-state index in [-0.39, 0.29) is 22.9 Å². The molecule has 0 radical (unpaired) electrons. The Morgan fingerprint density at radius 2 is 0.939 bits per heavy atom. The average Bonchev–Trinajstić information content (AvgIpc) is 2.73. The highest BCUT2D eigenvalue weighted by molar-refractivity contribution is 7.93. The van der Waals surface area contributed by atoms with Crippen LogP contribution in [0.5, 0.6) is 0 Å². The largest absolute Gasteiger partial charge is 0.311 e. The van der Waals surface area contributed by atoms with E-state index in [0.717, 1.165) is 11.1 Å². The van der Waals surface area contributed by atoms with Crippen molar-refractivity contribution in [3.05, 3.63) is 59.7 Å². The van der Waals surface area contributed by atoms with Crippen molar-refractivity contribution in [2.75, 3.05) is 13.1 Å². The minimum Gasteiger partial charge on any atom is -0.311 e. The molecule has 0 amide bonds. The van der Waals surface area contributed by atoms with Crippen LogP contribution in [0.15, 0.2) is 58.3 Å². The van der Waals surface area contributed by atoms with Crippen molar-refractivity contribution >= 4 is 19.7 Å². The van der Waals surface area contributed by atoms with Crippen LogP contribution < -0.4 is 16.8 Å². The second-order valence-electron chi connectivity index (χ2n) is 9.46. The summed E-state index contributed by atoms with van der Waals surface area (Å²) in [5.41, 5.74) is 14.9. The summed E-state index contributed by atoms with van der Waals surface area (Å²) >= 11 is 0. The van der Waals surface area contributed by atoms with Crippen molar-refractivity contribution in [1.29, 1.82) is 0 Å². The molecule has 0 saturated carbocycles. The van der Waals surface area contributed by atoms with E-state index in [2.05, 4.69) is 5.32 Å². The van der Waals surface area contributed by atoms with Crippen molar-refractivity contribution < 1.29 is 16.8 Å². The van der Waals surface area contributed by atoms with E-state index in [4.69, 9.17) is 11.5 Å². The fourth-order valence-electron chi connectivity index (χ4n) is 3.55. The first kappa shape index (κ1) is 27.5. The molecule has 184 valence electrons. The zero-order chi connectivity index (χ0) is 25.2. The molecule has 0 bridgehead atoms. The third kappa shape index (κ3) is 5.17. The predicted octanol–water partition coefficient (Wildman–Crippen LogP) is 2.76. The molecule has 0 aliphatic rings. The maximum atomic E-state index is 13.4. The second-order valence-corrected chi connectivity index (χ2v) is 13.9. The molecule has 9 heteroatoms. The first-order valence-corrected chi connectivity index (χ1v) is 14.0. The Kier molecular flexibility index (Phi) is 8.19. The van der Waals surface area contributed by atoms with Crippen LogP contribution in [0, 0.1) is 25.7 Å². The van der Waals surface area contributed by atoms with Gasteiger partial charge in [-0.05, 0) is 49.9 Å². The zero-order valence-electron chi connectivity index (χ0n) is 20.3. The van der Waals surface area contributed by atoms with Gasteiger partial charge in [0.15, 0.2) is 19.7 Å². The van der Waals surface area contributed by atoms with Gasteiger partial charge in [0.05, 0.1) is 9.79 Å². The number of rotatable bonds is 10. The number of aryl methyl sites for hydroxylation is 2. The summed E-state index contributed by atoms with van der Waals surface area (Å²) in [7, 11) is -7.84. The second kappa shape index (κ2) is 9.84. The molecule has 0 aliphatic carbocycles. The fraction of sp³-hybridized carbons (Fsp3) is 0.500. The fourth-order valence-corrected chi connectivity index (χ4v) is 7.24. The van der Waals surface area contributed by atoms with E-state index >= 15 is 0 Å². The molecule has 2 rings (SSSR count). The van der Waals surface area contributed by atoms with E-state index in [1.54, 1.807) is 52.0 Å². The van der Waals surface area contributed by atoms with Gasteiger partial charge in [0.25, 0.3) is 0 Å². The Balaban J connectivity index is 2.35. The van der Waals surface area contributed by atoms with Gasteiger partial charge in [-0.15, -0.1) is 0 Å². The highest BCUT2D eigenvalue weighted by Gasteiger charge is 2.47. The lowest BCUT2D eigenvalue weighted by atomic mass is 10.0. The smallest absolute Gasteiger partial charge is 0.198 e. The summed E-state index contributed by atoms with van der Waals surface area (Å²) in [5.74, 6) is -0.896. The molecular formula is C24H37N3O4S2. The van der Waals surface area contributed by atoms with E-state index in [9.17, 15) is 16.8 Å². The van der Waals surface area contributed by atoms with Gasteiger partial charge in [-0.25, -0.2) is 16.8 Å². The minimum atomic E-state index is -3.92. The first-order chi connectivity index (χ1) is 15.1. The van der Waals surface area contributed by atoms with Crippen LogP contribution in [0.2, 0.25) is 0 Å². The predicted molar refractivity (Wildman–Crippen MR) is 133 cm³/mol. The number of hydrogen-bond donors (Lipinski definition) is 3. The number of nitrogens with one attached hydrogen (secondary N) is 1. The Labute approximate surface area is 198 Å². The van der Waals surface area contributed by atoms with Crippen LogP contribution >= 0.6 is 0 Å². The number of nitrogens with two attached hydrogens (primary N) is 2. The van der Waals surface area contributed by atoms with E-state index in [1.165, 1.54) is 24.3 Å². The van der Waals surface area contributed by atoms with E-state index in [0.29, 0.717) is 0 Å². The molecule has 2 aromatic carbocycles. The van der Waals surface area contributed by atoms with Gasteiger partial charge in [0.2, 0.25) is 0 Å². The number of sulfone groups is 2. The highest BCUT2D eigenvalue weighted by Crippen LogP contribution is 2.30. The van der Waals surface area contributed by atoms with Gasteiger partial charge >= 0.3 is 0 Å². The third-order valence-corrected chi connectivity index (χ3v) is 11.4. The first-order valence-electron chi connectivity index (χ1n) is 11.0. The van der Waals surface area contributed by atoms with Crippen molar-refractivity contribution in [2.45, 2.75) is 61.1 Å². The topological polar surface area (TPSA) is 132 Å². The molecule has 0 heterocycles. The van der Waals surface area contributed by atoms with Crippen LogP contribution in [0.4, 0.5) is 0 Å². The summed E-state index contributed by atoms with van der Waals surface area (Å²) < 4.78 is 53.7. The maximum absolute atomic E-state index is 13.4. The minimum absolute atomic E-state index is 0.126. The number of hydrogen-bond acceptors (Lipinski definition) is 7. The van der Waals surface area contributed by atoms with Gasteiger partial charge in [-0.3, -0.25) is 0 Å². The molecular weight excluding hydrogens is 458 g/mol. The summed E-state index contributed by atoms with van der Waals surface area (Å²) in [4.78, 5) is -3.07. The van der Waals surface area contributed by atoms with Crippen LogP contribution in [0.25, 0.3) is 0 Å². The molecule has 0 aliphatic heterocycles. The van der Waals surface area contributed by atoms with Gasteiger partial charge in [-0.2, -0.15) is 0 Å². The molecule has 0 fully saturated rings. The van der Waals surface area contributed by atoms with Gasteiger partial charge < -0.3 is 16.8 Å².